The normalized spacial score (nSPS) is 10.1. The molecule has 0 fully saturated rings. The Balaban J connectivity index is 1.88. The molecule has 2 aromatic rings. The molecule has 0 aromatic heterocycles. The maximum Gasteiger partial charge on any atom is 0.243 e. The fourth-order valence-electron chi connectivity index (χ4n) is 2.44. The van der Waals surface area contributed by atoms with Crippen LogP contribution in [0.2, 0.25) is 0 Å². The molecule has 138 valence electrons. The number of hydrogen-bond donors (Lipinski definition) is 2. The van der Waals surface area contributed by atoms with Crippen LogP contribution in [0.5, 0.6) is 5.75 Å². The molecule has 0 radical (unpaired) electrons. The van der Waals surface area contributed by atoms with Gasteiger partial charge in [0.15, 0.2) is 0 Å². The molecule has 2 rings (SSSR count). The topological polar surface area (TPSA) is 70.7 Å². The second kappa shape index (κ2) is 9.46. The third-order valence-electron chi connectivity index (χ3n) is 3.89. The second-order valence-electron chi connectivity index (χ2n) is 6.09. The Morgan fingerprint density at radius 2 is 1.85 bits per heavy atom. The molecule has 0 saturated heterocycles. The van der Waals surface area contributed by atoms with Crippen LogP contribution in [0.25, 0.3) is 0 Å². The molecule has 2 aromatic carbocycles. The molecule has 0 unspecified atom stereocenters. The number of carbonyl (C=O) groups excluding carboxylic acids is 2. The summed E-state index contributed by atoms with van der Waals surface area (Å²) in [5, 5.41) is 5.93. The van der Waals surface area contributed by atoms with Crippen molar-refractivity contribution in [2.45, 2.75) is 12.8 Å². The lowest BCUT2D eigenvalue weighted by atomic mass is 10.1. The minimum absolute atomic E-state index is 0.0968. The summed E-state index contributed by atoms with van der Waals surface area (Å²) < 4.78 is 5.22. The van der Waals surface area contributed by atoms with Gasteiger partial charge in [-0.15, -0.1) is 0 Å². The number of para-hydroxylation sites is 2. The van der Waals surface area contributed by atoms with E-state index in [-0.39, 0.29) is 18.4 Å². The first-order chi connectivity index (χ1) is 12.5. The summed E-state index contributed by atoms with van der Waals surface area (Å²) in [7, 11) is 5.07. The first-order valence-electron chi connectivity index (χ1n) is 8.45. The molecule has 0 spiro atoms. The Bertz CT molecular complexity index is 759. The molecule has 6 heteroatoms. The Morgan fingerprint density at radius 3 is 2.58 bits per heavy atom. The molecule has 0 atom stereocenters. The van der Waals surface area contributed by atoms with E-state index in [1.807, 2.05) is 36.4 Å². The van der Waals surface area contributed by atoms with Gasteiger partial charge in [0.05, 0.1) is 19.3 Å². The summed E-state index contributed by atoms with van der Waals surface area (Å²) in [4.78, 5) is 25.4. The summed E-state index contributed by atoms with van der Waals surface area (Å²) in [6.45, 7) is 0.137. The highest BCUT2D eigenvalue weighted by molar-refractivity contribution is 5.95. The summed E-state index contributed by atoms with van der Waals surface area (Å²) >= 11 is 0. The number of rotatable bonds is 8. The Hall–Kier alpha value is -3.02. The van der Waals surface area contributed by atoms with Gasteiger partial charge < -0.3 is 20.3 Å². The molecular weight excluding hydrogens is 330 g/mol. The molecular formula is C20H25N3O3. The minimum atomic E-state index is -0.164. The standard InChI is InChI=1S/C20H25N3O3/c1-23(2)20(25)12-11-15-7-6-8-16(13-15)21-14-19(24)22-17-9-4-5-10-18(17)26-3/h4-10,13,21H,11-12,14H2,1-3H3,(H,22,24). The van der Waals surface area contributed by atoms with Gasteiger partial charge in [0, 0.05) is 26.2 Å². The van der Waals surface area contributed by atoms with Gasteiger partial charge in [0.2, 0.25) is 11.8 Å². The lowest BCUT2D eigenvalue weighted by Gasteiger charge is -2.12. The first-order valence-corrected chi connectivity index (χ1v) is 8.45. The van der Waals surface area contributed by atoms with E-state index in [2.05, 4.69) is 10.6 Å². The summed E-state index contributed by atoms with van der Waals surface area (Å²) in [5.74, 6) is 0.552. The van der Waals surface area contributed by atoms with E-state index in [9.17, 15) is 9.59 Å². The molecule has 0 aliphatic rings. The van der Waals surface area contributed by atoms with Crippen LogP contribution in [-0.2, 0) is 16.0 Å². The van der Waals surface area contributed by atoms with Crippen molar-refractivity contribution in [3.8, 4) is 5.75 Å². The Morgan fingerprint density at radius 1 is 1.08 bits per heavy atom. The van der Waals surface area contributed by atoms with Crippen LogP contribution in [0.1, 0.15) is 12.0 Å². The lowest BCUT2D eigenvalue weighted by Crippen LogP contribution is -2.22. The van der Waals surface area contributed by atoms with E-state index in [1.165, 1.54) is 0 Å². The SMILES string of the molecule is COc1ccccc1NC(=O)CNc1cccc(CCC(=O)N(C)C)c1. The van der Waals surface area contributed by atoms with Crippen LogP contribution in [0.15, 0.2) is 48.5 Å². The number of anilines is 2. The van der Waals surface area contributed by atoms with Crippen LogP contribution in [0.3, 0.4) is 0 Å². The number of carbonyl (C=O) groups is 2. The zero-order valence-corrected chi connectivity index (χ0v) is 15.4. The van der Waals surface area contributed by atoms with Gasteiger partial charge in [0.1, 0.15) is 5.75 Å². The predicted molar refractivity (Wildman–Crippen MR) is 104 cm³/mol. The maximum atomic E-state index is 12.1. The molecule has 2 N–H and O–H groups in total. The number of nitrogens with zero attached hydrogens (tertiary/aromatic N) is 1. The lowest BCUT2D eigenvalue weighted by molar-refractivity contribution is -0.128. The molecule has 6 nitrogen and oxygen atoms in total. The van der Waals surface area contributed by atoms with Crippen molar-refractivity contribution in [1.82, 2.24) is 4.90 Å². The van der Waals surface area contributed by atoms with Gasteiger partial charge in [0.25, 0.3) is 0 Å². The van der Waals surface area contributed by atoms with Crippen molar-refractivity contribution in [2.75, 3.05) is 38.4 Å². The molecule has 0 heterocycles. The van der Waals surface area contributed by atoms with Gasteiger partial charge in [-0.3, -0.25) is 9.59 Å². The molecule has 0 bridgehead atoms. The third-order valence-corrected chi connectivity index (χ3v) is 3.89. The molecule has 0 aliphatic carbocycles. The number of benzene rings is 2. The fourth-order valence-corrected chi connectivity index (χ4v) is 2.44. The van der Waals surface area contributed by atoms with Gasteiger partial charge in [-0.25, -0.2) is 0 Å². The molecule has 2 amide bonds. The van der Waals surface area contributed by atoms with Gasteiger partial charge in [-0.05, 0) is 36.2 Å². The van der Waals surface area contributed by atoms with E-state index in [1.54, 1.807) is 38.2 Å². The van der Waals surface area contributed by atoms with Crippen LogP contribution >= 0.6 is 0 Å². The monoisotopic (exact) mass is 355 g/mol. The fraction of sp³-hybridized carbons (Fsp3) is 0.300. The number of hydrogen-bond acceptors (Lipinski definition) is 4. The maximum absolute atomic E-state index is 12.1. The highest BCUT2D eigenvalue weighted by atomic mass is 16.5. The average Bonchev–Trinajstić information content (AvgIpc) is 2.65. The van der Waals surface area contributed by atoms with Crippen LogP contribution in [0.4, 0.5) is 11.4 Å². The van der Waals surface area contributed by atoms with Crippen molar-refractivity contribution >= 4 is 23.2 Å². The second-order valence-corrected chi connectivity index (χ2v) is 6.09. The minimum Gasteiger partial charge on any atom is -0.495 e. The van der Waals surface area contributed by atoms with Crippen molar-refractivity contribution in [3.05, 3.63) is 54.1 Å². The molecule has 26 heavy (non-hydrogen) atoms. The number of methoxy groups -OCH3 is 1. The quantitative estimate of drug-likeness (QED) is 0.764. The Labute approximate surface area is 154 Å². The summed E-state index contributed by atoms with van der Waals surface area (Å²) in [6.07, 6.45) is 1.13. The zero-order chi connectivity index (χ0) is 18.9. The van der Waals surface area contributed by atoms with Crippen molar-refractivity contribution in [1.29, 1.82) is 0 Å². The van der Waals surface area contributed by atoms with Crippen molar-refractivity contribution < 1.29 is 14.3 Å². The van der Waals surface area contributed by atoms with E-state index in [0.717, 1.165) is 11.3 Å². The van der Waals surface area contributed by atoms with Crippen molar-refractivity contribution in [3.63, 3.8) is 0 Å². The van der Waals surface area contributed by atoms with Gasteiger partial charge >= 0.3 is 0 Å². The van der Waals surface area contributed by atoms with Crippen LogP contribution < -0.4 is 15.4 Å². The molecule has 0 aliphatic heterocycles. The van der Waals surface area contributed by atoms with Crippen LogP contribution in [0, 0.1) is 0 Å². The largest absolute Gasteiger partial charge is 0.495 e. The van der Waals surface area contributed by atoms with E-state index >= 15 is 0 Å². The van der Waals surface area contributed by atoms with E-state index in [4.69, 9.17) is 4.74 Å². The summed E-state index contributed by atoms with van der Waals surface area (Å²) in [5.41, 5.74) is 2.53. The number of nitrogens with one attached hydrogen (secondary N) is 2. The molecule has 0 saturated carbocycles. The van der Waals surface area contributed by atoms with Crippen LogP contribution in [-0.4, -0.2) is 44.5 Å². The van der Waals surface area contributed by atoms with E-state index < -0.39 is 0 Å². The number of ether oxygens (including phenoxy) is 1. The number of amides is 2. The Kier molecular flexibility index (Phi) is 7.02. The zero-order valence-electron chi connectivity index (χ0n) is 15.4. The third kappa shape index (κ3) is 5.81. The number of aryl methyl sites for hydroxylation is 1. The van der Waals surface area contributed by atoms with Gasteiger partial charge in [-0.2, -0.15) is 0 Å². The van der Waals surface area contributed by atoms with E-state index in [0.29, 0.717) is 24.3 Å². The highest BCUT2D eigenvalue weighted by Gasteiger charge is 2.08. The predicted octanol–water partition coefficient (Wildman–Crippen LogP) is 2.77. The smallest absolute Gasteiger partial charge is 0.243 e. The van der Waals surface area contributed by atoms with Gasteiger partial charge in [-0.1, -0.05) is 24.3 Å². The summed E-state index contributed by atoms with van der Waals surface area (Å²) in [6, 6.07) is 15.0. The average molecular weight is 355 g/mol. The highest BCUT2D eigenvalue weighted by Crippen LogP contribution is 2.22. The van der Waals surface area contributed by atoms with Crippen molar-refractivity contribution in [2.24, 2.45) is 0 Å². The first kappa shape index (κ1) is 19.3.